The number of carbonyl (C=O) groups is 1. The fourth-order valence-electron chi connectivity index (χ4n) is 2.27. The summed E-state index contributed by atoms with van der Waals surface area (Å²) in [6, 6.07) is 3.78. The first-order valence-corrected chi connectivity index (χ1v) is 6.76. The van der Waals surface area contributed by atoms with Gasteiger partial charge < -0.3 is 4.90 Å². The second-order valence-electron chi connectivity index (χ2n) is 5.58. The summed E-state index contributed by atoms with van der Waals surface area (Å²) in [5.41, 5.74) is -0.502. The highest BCUT2D eigenvalue weighted by Gasteiger charge is 2.36. The lowest BCUT2D eigenvalue weighted by Crippen LogP contribution is -2.34. The van der Waals surface area contributed by atoms with E-state index in [1.165, 1.54) is 12.1 Å². The summed E-state index contributed by atoms with van der Waals surface area (Å²) in [4.78, 5) is 12.5. The van der Waals surface area contributed by atoms with E-state index in [2.05, 4.69) is 0 Å². The predicted octanol–water partition coefficient (Wildman–Crippen LogP) is 4.14. The lowest BCUT2D eigenvalue weighted by molar-refractivity contribution is -0.137. The number of alkyl halides is 3. The molecule has 20 heavy (non-hydrogen) atoms. The average molecular weight is 285 g/mol. The Bertz CT molecular complexity index is 492. The minimum atomic E-state index is -4.45. The molecule has 1 saturated carbocycles. The second kappa shape index (κ2) is 5.46. The van der Waals surface area contributed by atoms with Crippen molar-refractivity contribution in [1.29, 1.82) is 0 Å². The molecule has 0 atom stereocenters. The van der Waals surface area contributed by atoms with E-state index in [1.807, 2.05) is 13.8 Å². The van der Waals surface area contributed by atoms with Gasteiger partial charge in [-0.15, -0.1) is 0 Å². The van der Waals surface area contributed by atoms with Crippen molar-refractivity contribution in [3.05, 3.63) is 29.3 Å². The van der Waals surface area contributed by atoms with Gasteiger partial charge >= 0.3 is 6.18 Å². The normalized spacial score (nSPS) is 15.5. The van der Waals surface area contributed by atoms with Crippen molar-refractivity contribution >= 4 is 12.0 Å². The minimum absolute atomic E-state index is 0.0150. The van der Waals surface area contributed by atoms with Crippen LogP contribution in [0.4, 0.5) is 18.9 Å². The number of halogens is 3. The Labute approximate surface area is 116 Å². The zero-order valence-electron chi connectivity index (χ0n) is 11.6. The molecule has 2 rings (SSSR count). The van der Waals surface area contributed by atoms with Crippen LogP contribution < -0.4 is 4.90 Å². The Morgan fingerprint density at radius 1 is 1.35 bits per heavy atom. The van der Waals surface area contributed by atoms with Crippen molar-refractivity contribution in [1.82, 2.24) is 0 Å². The third-order valence-corrected chi connectivity index (χ3v) is 3.55. The van der Waals surface area contributed by atoms with Crippen LogP contribution >= 0.6 is 0 Å². The smallest absolute Gasteiger partial charge is 0.368 e. The maximum absolute atomic E-state index is 13.2. The van der Waals surface area contributed by atoms with Crippen molar-refractivity contribution in [3.63, 3.8) is 0 Å². The summed E-state index contributed by atoms with van der Waals surface area (Å²) in [6.07, 6.45) is -1.85. The van der Waals surface area contributed by atoms with E-state index in [-0.39, 0.29) is 17.3 Å². The highest BCUT2D eigenvalue weighted by atomic mass is 19.4. The van der Waals surface area contributed by atoms with E-state index >= 15 is 0 Å². The molecule has 0 aromatic heterocycles. The molecule has 0 unspecified atom stereocenters. The molecule has 1 aliphatic rings. The number of aldehydes is 1. The number of rotatable bonds is 5. The fraction of sp³-hybridized carbons (Fsp3) is 0.533. The average Bonchev–Trinajstić information content (AvgIpc) is 3.18. The summed E-state index contributed by atoms with van der Waals surface area (Å²) < 4.78 is 39.6. The summed E-state index contributed by atoms with van der Waals surface area (Å²) in [5, 5.41) is 0. The fourth-order valence-corrected chi connectivity index (χ4v) is 2.27. The number of nitrogens with zero attached hydrogens (tertiary/aromatic N) is 1. The monoisotopic (exact) mass is 285 g/mol. The molecule has 2 nitrogen and oxygen atoms in total. The first-order valence-electron chi connectivity index (χ1n) is 6.76. The molecule has 0 heterocycles. The van der Waals surface area contributed by atoms with Crippen molar-refractivity contribution in [2.24, 2.45) is 5.92 Å². The van der Waals surface area contributed by atoms with Gasteiger partial charge in [-0.05, 0) is 50.8 Å². The van der Waals surface area contributed by atoms with Crippen LogP contribution in [0.15, 0.2) is 18.2 Å². The molecule has 110 valence electrons. The molecular weight excluding hydrogens is 267 g/mol. The van der Waals surface area contributed by atoms with Gasteiger partial charge in [-0.1, -0.05) is 0 Å². The highest BCUT2D eigenvalue weighted by Crippen LogP contribution is 2.40. The van der Waals surface area contributed by atoms with Gasteiger partial charge in [0.25, 0.3) is 0 Å². The molecule has 0 amide bonds. The van der Waals surface area contributed by atoms with Gasteiger partial charge in [0.15, 0.2) is 0 Å². The van der Waals surface area contributed by atoms with Gasteiger partial charge in [-0.2, -0.15) is 13.2 Å². The molecule has 1 aromatic carbocycles. The van der Waals surface area contributed by atoms with Crippen molar-refractivity contribution in [2.45, 2.75) is 38.9 Å². The Morgan fingerprint density at radius 3 is 2.45 bits per heavy atom. The molecule has 0 radical (unpaired) electrons. The van der Waals surface area contributed by atoms with Gasteiger partial charge in [-0.25, -0.2) is 0 Å². The number of benzene rings is 1. The molecule has 1 aromatic rings. The lowest BCUT2D eigenvalue weighted by Gasteiger charge is -2.31. The zero-order valence-corrected chi connectivity index (χ0v) is 11.6. The third-order valence-electron chi connectivity index (χ3n) is 3.55. The van der Waals surface area contributed by atoms with Crippen LogP contribution in [-0.4, -0.2) is 18.9 Å². The predicted molar refractivity (Wildman–Crippen MR) is 72.0 cm³/mol. The van der Waals surface area contributed by atoms with Crippen molar-refractivity contribution < 1.29 is 18.0 Å². The highest BCUT2D eigenvalue weighted by molar-refractivity contribution is 5.77. The second-order valence-corrected chi connectivity index (χ2v) is 5.58. The Morgan fingerprint density at radius 2 is 2.00 bits per heavy atom. The van der Waals surface area contributed by atoms with Crippen LogP contribution in [0.1, 0.15) is 42.6 Å². The van der Waals surface area contributed by atoms with Crippen LogP contribution in [0.2, 0.25) is 0 Å². The summed E-state index contributed by atoms with van der Waals surface area (Å²) in [5.74, 6) is 0.490. The quantitative estimate of drug-likeness (QED) is 0.758. The van der Waals surface area contributed by atoms with Crippen LogP contribution in [0.3, 0.4) is 0 Å². The molecule has 0 N–H and O–H groups in total. The molecule has 1 aliphatic carbocycles. The largest absolute Gasteiger partial charge is 0.418 e. The van der Waals surface area contributed by atoms with E-state index in [4.69, 9.17) is 0 Å². The summed E-state index contributed by atoms with van der Waals surface area (Å²) >= 11 is 0. The number of hydrogen-bond acceptors (Lipinski definition) is 2. The number of hydrogen-bond donors (Lipinski definition) is 0. The minimum Gasteiger partial charge on any atom is -0.368 e. The first-order chi connectivity index (χ1) is 9.32. The zero-order chi connectivity index (χ0) is 14.9. The van der Waals surface area contributed by atoms with Crippen molar-refractivity contribution in [2.75, 3.05) is 11.4 Å². The van der Waals surface area contributed by atoms with Gasteiger partial charge in [-0.3, -0.25) is 4.79 Å². The van der Waals surface area contributed by atoms with Crippen LogP contribution in [0.5, 0.6) is 0 Å². The van der Waals surface area contributed by atoms with Gasteiger partial charge in [0, 0.05) is 23.8 Å². The summed E-state index contributed by atoms with van der Waals surface area (Å²) in [6.45, 7) is 4.41. The standard InChI is InChI=1S/C15H18F3NO/c1-10(2)19(8-11-3-4-11)14-6-5-12(9-20)7-13(14)15(16,17)18/h5-7,9-11H,3-4,8H2,1-2H3. The Balaban J connectivity index is 2.43. The van der Waals surface area contributed by atoms with E-state index in [1.54, 1.807) is 4.90 Å². The Hall–Kier alpha value is -1.52. The lowest BCUT2D eigenvalue weighted by atomic mass is 10.1. The van der Waals surface area contributed by atoms with E-state index in [9.17, 15) is 18.0 Å². The molecule has 0 saturated heterocycles. The van der Waals surface area contributed by atoms with Gasteiger partial charge in [0.2, 0.25) is 0 Å². The third kappa shape index (κ3) is 3.32. The Kier molecular flexibility index (Phi) is 4.06. The SMILES string of the molecule is CC(C)N(CC1CC1)c1ccc(C=O)cc1C(F)(F)F. The number of carbonyl (C=O) groups excluding carboxylic acids is 1. The molecule has 0 bridgehead atoms. The maximum atomic E-state index is 13.2. The van der Waals surface area contributed by atoms with Gasteiger partial charge in [0.1, 0.15) is 6.29 Å². The van der Waals surface area contributed by atoms with Crippen LogP contribution in [0.25, 0.3) is 0 Å². The maximum Gasteiger partial charge on any atom is 0.418 e. The van der Waals surface area contributed by atoms with Crippen LogP contribution in [0, 0.1) is 5.92 Å². The summed E-state index contributed by atoms with van der Waals surface area (Å²) in [7, 11) is 0. The van der Waals surface area contributed by atoms with E-state index in [0.717, 1.165) is 18.9 Å². The number of anilines is 1. The molecular formula is C15H18F3NO. The van der Waals surface area contributed by atoms with Crippen LogP contribution in [-0.2, 0) is 6.18 Å². The molecule has 5 heteroatoms. The molecule has 1 fully saturated rings. The first kappa shape index (κ1) is 14.9. The van der Waals surface area contributed by atoms with Gasteiger partial charge in [0.05, 0.1) is 5.56 Å². The van der Waals surface area contributed by atoms with E-state index < -0.39 is 11.7 Å². The van der Waals surface area contributed by atoms with E-state index in [0.29, 0.717) is 18.7 Å². The molecule has 0 aliphatic heterocycles. The van der Waals surface area contributed by atoms with Crippen molar-refractivity contribution in [3.8, 4) is 0 Å². The topological polar surface area (TPSA) is 20.3 Å². The molecule has 0 spiro atoms.